The maximum Gasteiger partial charge on any atom is 0.129 e. The number of aliphatic hydroxyl groups excluding tert-OH is 1. The van der Waals surface area contributed by atoms with Gasteiger partial charge >= 0.3 is 0 Å². The van der Waals surface area contributed by atoms with Crippen molar-refractivity contribution < 1.29 is 5.11 Å². The third-order valence-electron chi connectivity index (χ3n) is 4.48. The molecule has 0 saturated heterocycles. The molecule has 2 nitrogen and oxygen atoms in total. The van der Waals surface area contributed by atoms with Crippen molar-refractivity contribution in [1.29, 1.82) is 0 Å². The van der Waals surface area contributed by atoms with Gasteiger partial charge in [0.15, 0.2) is 0 Å². The summed E-state index contributed by atoms with van der Waals surface area (Å²) < 4.78 is 0. The summed E-state index contributed by atoms with van der Waals surface area (Å²) in [5, 5.41) is 11.0. The van der Waals surface area contributed by atoms with E-state index in [0.29, 0.717) is 5.92 Å². The van der Waals surface area contributed by atoms with Crippen molar-refractivity contribution in [2.45, 2.75) is 58.7 Å². The van der Waals surface area contributed by atoms with Crippen LogP contribution in [0.4, 0.5) is 0 Å². The summed E-state index contributed by atoms with van der Waals surface area (Å²) >= 11 is 0. The molecule has 0 amide bonds. The summed E-state index contributed by atoms with van der Waals surface area (Å²) in [7, 11) is -1.52. The van der Waals surface area contributed by atoms with Crippen LogP contribution in [0.2, 0.25) is 19.6 Å². The Bertz CT molecular complexity index is 699. The number of rotatable bonds is 7. The molecule has 0 aromatic heterocycles. The fourth-order valence-electron chi connectivity index (χ4n) is 3.26. The Balaban J connectivity index is 2.32. The molecule has 0 unspecified atom stereocenters. The maximum atomic E-state index is 11.0. The topological polar surface area (TPSA) is 23.5 Å². The molecule has 0 saturated carbocycles. The van der Waals surface area contributed by atoms with Crippen LogP contribution >= 0.6 is 0 Å². The fourth-order valence-corrected chi connectivity index (χ4v) is 3.85. The number of hydrogen-bond donors (Lipinski definition) is 1. The Morgan fingerprint density at radius 1 is 0.852 bits per heavy atom. The molecule has 0 bridgehead atoms. The quantitative estimate of drug-likeness (QED) is 0.543. The smallest absolute Gasteiger partial charge is 0.129 e. The summed E-state index contributed by atoms with van der Waals surface area (Å²) in [4.78, 5) is 2.37. The molecule has 0 heterocycles. The van der Waals surface area contributed by atoms with Crippen molar-refractivity contribution in [3.05, 3.63) is 71.8 Å². The van der Waals surface area contributed by atoms with Gasteiger partial charge in [-0.25, -0.2) is 0 Å². The molecule has 0 aliphatic heterocycles. The van der Waals surface area contributed by atoms with Crippen LogP contribution in [0.5, 0.6) is 0 Å². The van der Waals surface area contributed by atoms with Gasteiger partial charge in [0.05, 0.1) is 0 Å². The van der Waals surface area contributed by atoms with Gasteiger partial charge in [-0.2, -0.15) is 0 Å². The average molecular weight is 380 g/mol. The van der Waals surface area contributed by atoms with Gasteiger partial charge in [-0.15, -0.1) is 5.54 Å². The van der Waals surface area contributed by atoms with E-state index in [2.05, 4.69) is 98.4 Å². The predicted octanol–water partition coefficient (Wildman–Crippen LogP) is 4.96. The molecule has 0 spiro atoms. The molecule has 27 heavy (non-hydrogen) atoms. The summed E-state index contributed by atoms with van der Waals surface area (Å²) in [5.41, 5.74) is 5.86. The highest BCUT2D eigenvalue weighted by Gasteiger charge is 2.28. The second-order valence-electron chi connectivity index (χ2n) is 8.57. The molecule has 2 rings (SSSR count). The lowest BCUT2D eigenvalue weighted by Gasteiger charge is -2.36. The summed E-state index contributed by atoms with van der Waals surface area (Å²) in [6.07, 6.45) is -0.649. The van der Waals surface area contributed by atoms with E-state index in [-0.39, 0.29) is 6.04 Å². The number of hydrogen-bond acceptors (Lipinski definition) is 2. The van der Waals surface area contributed by atoms with E-state index < -0.39 is 14.2 Å². The standard InChI is InChI=1S/C24H33NOSi/c1-20(2)24(23(26)16-17-27(3,4)5)25(18-21-12-8-6-9-13-21)19-22-14-10-7-11-15-22/h6-15,20,23-24,26H,18-19H2,1-5H3/t23-,24+/m1/s1. The molecular weight excluding hydrogens is 346 g/mol. The fraction of sp³-hybridized carbons (Fsp3) is 0.417. The third-order valence-corrected chi connectivity index (χ3v) is 5.37. The minimum Gasteiger partial charge on any atom is -0.379 e. The second kappa shape index (κ2) is 9.89. The van der Waals surface area contributed by atoms with Crippen LogP contribution < -0.4 is 0 Å². The molecule has 2 atom stereocenters. The summed E-state index contributed by atoms with van der Waals surface area (Å²) in [6.45, 7) is 12.6. The van der Waals surface area contributed by atoms with Crippen molar-refractivity contribution >= 4 is 8.07 Å². The summed E-state index contributed by atoms with van der Waals surface area (Å²) in [5.74, 6) is 3.48. The number of benzene rings is 2. The van der Waals surface area contributed by atoms with E-state index in [1.165, 1.54) is 11.1 Å². The van der Waals surface area contributed by atoms with Gasteiger partial charge in [-0.1, -0.05) is 100 Å². The van der Waals surface area contributed by atoms with Gasteiger partial charge < -0.3 is 5.11 Å². The van der Waals surface area contributed by atoms with Crippen molar-refractivity contribution in [2.24, 2.45) is 5.92 Å². The summed E-state index contributed by atoms with van der Waals surface area (Å²) in [6, 6.07) is 20.9. The van der Waals surface area contributed by atoms with E-state index in [1.807, 2.05) is 12.1 Å². The first kappa shape index (κ1) is 21.4. The van der Waals surface area contributed by atoms with Crippen molar-refractivity contribution in [1.82, 2.24) is 4.90 Å². The van der Waals surface area contributed by atoms with Crippen LogP contribution in [-0.4, -0.2) is 30.2 Å². The van der Waals surface area contributed by atoms with Gasteiger partial charge in [0.1, 0.15) is 14.2 Å². The Morgan fingerprint density at radius 3 is 1.67 bits per heavy atom. The molecule has 0 aliphatic rings. The van der Waals surface area contributed by atoms with Crippen molar-refractivity contribution in [2.75, 3.05) is 0 Å². The lowest BCUT2D eigenvalue weighted by molar-refractivity contribution is 0.0445. The second-order valence-corrected chi connectivity index (χ2v) is 13.3. The Hall–Kier alpha value is -1.86. The van der Waals surface area contributed by atoms with Gasteiger partial charge in [0, 0.05) is 19.1 Å². The van der Waals surface area contributed by atoms with Gasteiger partial charge in [0.25, 0.3) is 0 Å². The van der Waals surface area contributed by atoms with Gasteiger partial charge in [0.2, 0.25) is 0 Å². The van der Waals surface area contributed by atoms with Crippen LogP contribution in [0.3, 0.4) is 0 Å². The van der Waals surface area contributed by atoms with E-state index in [4.69, 9.17) is 0 Å². The maximum absolute atomic E-state index is 11.0. The van der Waals surface area contributed by atoms with Gasteiger partial charge in [-0.3, -0.25) is 4.90 Å². The van der Waals surface area contributed by atoms with Crippen LogP contribution in [0.1, 0.15) is 25.0 Å². The largest absolute Gasteiger partial charge is 0.379 e. The first-order chi connectivity index (χ1) is 12.8. The van der Waals surface area contributed by atoms with Crippen LogP contribution in [0, 0.1) is 17.4 Å². The highest BCUT2D eigenvalue weighted by atomic mass is 28.3. The van der Waals surface area contributed by atoms with Crippen molar-refractivity contribution in [3.63, 3.8) is 0 Å². The van der Waals surface area contributed by atoms with E-state index >= 15 is 0 Å². The normalized spacial score (nSPS) is 13.9. The monoisotopic (exact) mass is 379 g/mol. The molecule has 3 heteroatoms. The van der Waals surface area contributed by atoms with E-state index in [1.54, 1.807) is 0 Å². The molecule has 144 valence electrons. The number of nitrogens with zero attached hydrogens (tertiary/aromatic N) is 1. The van der Waals surface area contributed by atoms with Crippen molar-refractivity contribution in [3.8, 4) is 11.5 Å². The molecule has 0 radical (unpaired) electrons. The minimum absolute atomic E-state index is 0.0192. The zero-order valence-electron chi connectivity index (χ0n) is 17.3. The first-order valence-electron chi connectivity index (χ1n) is 9.79. The molecule has 2 aromatic rings. The Kier molecular flexibility index (Phi) is 7.86. The lowest BCUT2D eigenvalue weighted by atomic mass is 9.95. The SMILES string of the molecule is CC(C)[C@@H]([C@H](O)C#C[Si](C)(C)C)N(Cc1ccccc1)Cc1ccccc1. The highest BCUT2D eigenvalue weighted by molar-refractivity contribution is 6.83. The Morgan fingerprint density at radius 2 is 1.30 bits per heavy atom. The van der Waals surface area contributed by atoms with E-state index in [0.717, 1.165) is 13.1 Å². The van der Waals surface area contributed by atoms with Crippen LogP contribution in [0.15, 0.2) is 60.7 Å². The Labute approximate surface area is 166 Å². The van der Waals surface area contributed by atoms with E-state index in [9.17, 15) is 5.11 Å². The zero-order chi connectivity index (χ0) is 19.9. The predicted molar refractivity (Wildman–Crippen MR) is 118 cm³/mol. The minimum atomic E-state index is -1.52. The van der Waals surface area contributed by atoms with Gasteiger partial charge in [-0.05, 0) is 17.0 Å². The lowest BCUT2D eigenvalue weighted by Crippen LogP contribution is -2.46. The molecule has 2 aromatic carbocycles. The first-order valence-corrected chi connectivity index (χ1v) is 13.3. The van der Waals surface area contributed by atoms with Crippen LogP contribution in [0.25, 0.3) is 0 Å². The third kappa shape index (κ3) is 7.34. The number of aliphatic hydroxyl groups is 1. The molecule has 0 fully saturated rings. The zero-order valence-corrected chi connectivity index (χ0v) is 18.3. The average Bonchev–Trinajstić information content (AvgIpc) is 2.61. The molecule has 1 N–H and O–H groups in total. The van der Waals surface area contributed by atoms with Crippen LogP contribution in [-0.2, 0) is 13.1 Å². The molecular formula is C24H33NOSi. The highest BCUT2D eigenvalue weighted by Crippen LogP contribution is 2.21. The molecule has 0 aliphatic carbocycles.